The summed E-state index contributed by atoms with van der Waals surface area (Å²) in [5.41, 5.74) is 5.52. The zero-order valence-electron chi connectivity index (χ0n) is 12.9. The topological polar surface area (TPSA) is 89.8 Å². The standard InChI is InChI=1S/C16H18N2O5/c1-21-12-8-11(9-13(10-12)22-2)5-6-15(19)17-18-16(20)14-4-3-7-23-14/h3-4,7-10H,5-6H2,1-2H3,(H,17,19)(H,18,20). The molecule has 0 saturated carbocycles. The highest BCUT2D eigenvalue weighted by atomic mass is 16.5. The van der Waals surface area contributed by atoms with Gasteiger partial charge in [-0.2, -0.15) is 0 Å². The minimum absolute atomic E-state index is 0.128. The van der Waals surface area contributed by atoms with Crippen LogP contribution in [0.2, 0.25) is 0 Å². The molecule has 1 aromatic carbocycles. The lowest BCUT2D eigenvalue weighted by Crippen LogP contribution is -2.41. The van der Waals surface area contributed by atoms with Crippen LogP contribution in [0.15, 0.2) is 41.0 Å². The van der Waals surface area contributed by atoms with Crippen LogP contribution in [0.1, 0.15) is 22.5 Å². The number of nitrogens with one attached hydrogen (secondary N) is 2. The maximum atomic E-state index is 11.8. The number of hydrazine groups is 1. The van der Waals surface area contributed by atoms with Crippen LogP contribution in [0.4, 0.5) is 0 Å². The molecule has 7 heteroatoms. The lowest BCUT2D eigenvalue weighted by atomic mass is 10.1. The van der Waals surface area contributed by atoms with Gasteiger partial charge in [-0.15, -0.1) is 0 Å². The van der Waals surface area contributed by atoms with Gasteiger partial charge in [0.1, 0.15) is 11.5 Å². The quantitative estimate of drug-likeness (QED) is 0.791. The monoisotopic (exact) mass is 318 g/mol. The van der Waals surface area contributed by atoms with E-state index >= 15 is 0 Å². The first-order chi connectivity index (χ1) is 11.1. The molecule has 2 rings (SSSR count). The number of furan rings is 1. The van der Waals surface area contributed by atoms with Crippen molar-refractivity contribution >= 4 is 11.8 Å². The van der Waals surface area contributed by atoms with Gasteiger partial charge in [-0.3, -0.25) is 20.4 Å². The second-order valence-electron chi connectivity index (χ2n) is 4.70. The average Bonchev–Trinajstić information content (AvgIpc) is 3.12. The molecule has 122 valence electrons. The molecule has 0 aliphatic carbocycles. The number of amides is 2. The van der Waals surface area contributed by atoms with Gasteiger partial charge in [0.25, 0.3) is 0 Å². The van der Waals surface area contributed by atoms with E-state index in [1.807, 2.05) is 12.1 Å². The van der Waals surface area contributed by atoms with E-state index in [4.69, 9.17) is 13.9 Å². The molecule has 0 saturated heterocycles. The second kappa shape index (κ2) is 7.88. The van der Waals surface area contributed by atoms with Crippen molar-refractivity contribution in [3.63, 3.8) is 0 Å². The molecule has 0 spiro atoms. The van der Waals surface area contributed by atoms with E-state index in [0.29, 0.717) is 17.9 Å². The fourth-order valence-electron chi connectivity index (χ4n) is 1.93. The molecular formula is C16H18N2O5. The fraction of sp³-hybridized carbons (Fsp3) is 0.250. The van der Waals surface area contributed by atoms with Crippen molar-refractivity contribution in [2.24, 2.45) is 0 Å². The fourth-order valence-corrected chi connectivity index (χ4v) is 1.93. The third kappa shape index (κ3) is 4.77. The summed E-state index contributed by atoms with van der Waals surface area (Å²) in [6, 6.07) is 8.51. The summed E-state index contributed by atoms with van der Waals surface area (Å²) in [7, 11) is 3.13. The van der Waals surface area contributed by atoms with Crippen molar-refractivity contribution in [1.82, 2.24) is 10.9 Å². The molecule has 0 fully saturated rings. The molecule has 0 aliphatic heterocycles. The van der Waals surface area contributed by atoms with E-state index < -0.39 is 5.91 Å². The zero-order chi connectivity index (χ0) is 16.7. The minimum atomic E-state index is -0.508. The average molecular weight is 318 g/mol. The molecule has 2 N–H and O–H groups in total. The number of rotatable bonds is 6. The summed E-state index contributed by atoms with van der Waals surface area (Å²) in [6.07, 6.45) is 2.07. The Bertz CT molecular complexity index is 645. The highest BCUT2D eigenvalue weighted by molar-refractivity contribution is 5.92. The van der Waals surface area contributed by atoms with Crippen LogP contribution >= 0.6 is 0 Å². The maximum Gasteiger partial charge on any atom is 0.305 e. The molecule has 1 heterocycles. The minimum Gasteiger partial charge on any atom is -0.497 e. The molecule has 0 aliphatic rings. The molecule has 0 unspecified atom stereocenters. The Hall–Kier alpha value is -2.96. The number of aryl methyl sites for hydroxylation is 1. The van der Waals surface area contributed by atoms with Gasteiger partial charge in [0.2, 0.25) is 5.91 Å². The molecule has 1 aromatic heterocycles. The predicted octanol–water partition coefficient (Wildman–Crippen LogP) is 1.69. The number of methoxy groups -OCH3 is 2. The first kappa shape index (κ1) is 16.4. The first-order valence-corrected chi connectivity index (χ1v) is 6.97. The Morgan fingerprint density at radius 1 is 1.09 bits per heavy atom. The van der Waals surface area contributed by atoms with Gasteiger partial charge >= 0.3 is 5.91 Å². The Balaban J connectivity index is 1.83. The lowest BCUT2D eigenvalue weighted by Gasteiger charge is -2.09. The molecular weight excluding hydrogens is 300 g/mol. The number of hydrogen-bond acceptors (Lipinski definition) is 5. The molecule has 0 radical (unpaired) electrons. The van der Waals surface area contributed by atoms with Crippen LogP contribution in [0.5, 0.6) is 11.5 Å². The van der Waals surface area contributed by atoms with Crippen molar-refractivity contribution in [2.45, 2.75) is 12.8 Å². The SMILES string of the molecule is COc1cc(CCC(=O)NNC(=O)c2ccco2)cc(OC)c1. The van der Waals surface area contributed by atoms with Crippen molar-refractivity contribution in [2.75, 3.05) is 14.2 Å². The maximum absolute atomic E-state index is 11.8. The van der Waals surface area contributed by atoms with Crippen molar-refractivity contribution in [1.29, 1.82) is 0 Å². The Morgan fingerprint density at radius 3 is 2.35 bits per heavy atom. The summed E-state index contributed by atoms with van der Waals surface area (Å²) in [5.74, 6) is 0.623. The lowest BCUT2D eigenvalue weighted by molar-refractivity contribution is -0.121. The Kier molecular flexibility index (Phi) is 5.62. The van der Waals surface area contributed by atoms with E-state index in [1.54, 1.807) is 26.4 Å². The van der Waals surface area contributed by atoms with Crippen molar-refractivity contribution < 1.29 is 23.5 Å². The van der Waals surface area contributed by atoms with E-state index in [-0.39, 0.29) is 18.1 Å². The third-order valence-electron chi connectivity index (χ3n) is 3.11. The van der Waals surface area contributed by atoms with Crippen LogP contribution < -0.4 is 20.3 Å². The van der Waals surface area contributed by atoms with Crippen LogP contribution in [0, 0.1) is 0 Å². The molecule has 2 aromatic rings. The van der Waals surface area contributed by atoms with Crippen LogP contribution in [-0.2, 0) is 11.2 Å². The van der Waals surface area contributed by atoms with Crippen molar-refractivity contribution in [3.05, 3.63) is 47.9 Å². The summed E-state index contributed by atoms with van der Waals surface area (Å²) in [4.78, 5) is 23.4. The normalized spacial score (nSPS) is 10.0. The molecule has 0 atom stereocenters. The number of ether oxygens (including phenoxy) is 2. The Morgan fingerprint density at radius 2 is 1.78 bits per heavy atom. The molecule has 23 heavy (non-hydrogen) atoms. The molecule has 0 bridgehead atoms. The summed E-state index contributed by atoms with van der Waals surface area (Å²) < 4.78 is 15.3. The van der Waals surface area contributed by atoms with E-state index in [1.165, 1.54) is 12.3 Å². The highest BCUT2D eigenvalue weighted by Gasteiger charge is 2.10. The van der Waals surface area contributed by atoms with Crippen LogP contribution in [-0.4, -0.2) is 26.0 Å². The highest BCUT2D eigenvalue weighted by Crippen LogP contribution is 2.23. The van der Waals surface area contributed by atoms with Crippen molar-refractivity contribution in [3.8, 4) is 11.5 Å². The van der Waals surface area contributed by atoms with Gasteiger partial charge in [0.15, 0.2) is 5.76 Å². The molecule has 7 nitrogen and oxygen atoms in total. The number of carbonyl (C=O) groups is 2. The second-order valence-corrected chi connectivity index (χ2v) is 4.70. The molecule has 2 amide bonds. The van der Waals surface area contributed by atoms with Crippen LogP contribution in [0.3, 0.4) is 0 Å². The van der Waals surface area contributed by atoms with Gasteiger partial charge in [-0.1, -0.05) is 0 Å². The van der Waals surface area contributed by atoms with Crippen LogP contribution in [0.25, 0.3) is 0 Å². The Labute approximate surface area is 133 Å². The van der Waals surface area contributed by atoms with Gasteiger partial charge < -0.3 is 13.9 Å². The van der Waals surface area contributed by atoms with E-state index in [9.17, 15) is 9.59 Å². The van der Waals surface area contributed by atoms with Gasteiger partial charge in [0, 0.05) is 12.5 Å². The summed E-state index contributed by atoms with van der Waals surface area (Å²) in [6.45, 7) is 0. The zero-order valence-corrected chi connectivity index (χ0v) is 12.9. The summed E-state index contributed by atoms with van der Waals surface area (Å²) >= 11 is 0. The van der Waals surface area contributed by atoms with Gasteiger partial charge in [-0.25, -0.2) is 0 Å². The smallest absolute Gasteiger partial charge is 0.305 e. The first-order valence-electron chi connectivity index (χ1n) is 6.97. The van der Waals surface area contributed by atoms with E-state index in [2.05, 4.69) is 10.9 Å². The number of carbonyl (C=O) groups excluding carboxylic acids is 2. The predicted molar refractivity (Wildman–Crippen MR) is 82.2 cm³/mol. The largest absolute Gasteiger partial charge is 0.497 e. The van der Waals surface area contributed by atoms with E-state index in [0.717, 1.165) is 5.56 Å². The van der Waals surface area contributed by atoms with Gasteiger partial charge in [-0.05, 0) is 36.2 Å². The van der Waals surface area contributed by atoms with Gasteiger partial charge in [0.05, 0.1) is 20.5 Å². The summed E-state index contributed by atoms with van der Waals surface area (Å²) in [5, 5.41) is 0. The number of hydrogen-bond donors (Lipinski definition) is 2. The third-order valence-corrected chi connectivity index (χ3v) is 3.11. The number of benzene rings is 1.